The fourth-order valence-electron chi connectivity index (χ4n) is 8.75. The molecule has 2 aromatic rings. The summed E-state index contributed by atoms with van der Waals surface area (Å²) < 4.78 is 26.8. The minimum Gasteiger partial charge on any atom is -0.459 e. The Morgan fingerprint density at radius 1 is 1.00 bits per heavy atom. The van der Waals surface area contributed by atoms with Gasteiger partial charge in [0.25, 0.3) is 0 Å². The molecule has 3 aliphatic rings. The molecule has 5 rings (SSSR count). The number of nitrogens with zero attached hydrogens (tertiary/aromatic N) is 2. The van der Waals surface area contributed by atoms with Crippen molar-refractivity contribution in [2.75, 3.05) is 33.0 Å². The highest BCUT2D eigenvalue weighted by atomic mass is 16.7. The summed E-state index contributed by atoms with van der Waals surface area (Å²) >= 11 is 0. The van der Waals surface area contributed by atoms with Gasteiger partial charge in [-0.05, 0) is 132 Å². The Labute approximate surface area is 340 Å². The van der Waals surface area contributed by atoms with E-state index in [9.17, 15) is 15.0 Å². The molecule has 0 spiro atoms. The van der Waals surface area contributed by atoms with Crippen LogP contribution in [0.3, 0.4) is 0 Å². The van der Waals surface area contributed by atoms with Gasteiger partial charge in [-0.1, -0.05) is 49.2 Å². The monoisotopic (exact) mass is 786 g/mol. The summed E-state index contributed by atoms with van der Waals surface area (Å²) in [4.78, 5) is 22.2. The van der Waals surface area contributed by atoms with Crippen molar-refractivity contribution in [3.8, 4) is 17.2 Å². The first-order valence-corrected chi connectivity index (χ1v) is 21.0. The van der Waals surface area contributed by atoms with Crippen molar-refractivity contribution in [1.29, 1.82) is 0 Å². The Morgan fingerprint density at radius 2 is 1.72 bits per heavy atom. The number of carbonyl (C=O) groups excluding carboxylic acids is 1. The maximum absolute atomic E-state index is 14.2. The first-order chi connectivity index (χ1) is 27.4. The van der Waals surface area contributed by atoms with Crippen molar-refractivity contribution >= 4 is 11.8 Å². The molecule has 0 aromatic heterocycles. The summed E-state index contributed by atoms with van der Waals surface area (Å²) in [5, 5.41) is 24.7. The van der Waals surface area contributed by atoms with Gasteiger partial charge in [0.15, 0.2) is 0 Å². The van der Waals surface area contributed by atoms with Gasteiger partial charge in [0.1, 0.15) is 28.9 Å². The van der Waals surface area contributed by atoms with Crippen LogP contribution >= 0.6 is 0 Å². The number of unbranched alkanes of at least 4 members (excludes halogenated alkanes) is 2. The lowest BCUT2D eigenvalue weighted by Gasteiger charge is -2.60. The van der Waals surface area contributed by atoms with E-state index in [1.54, 1.807) is 17.1 Å². The Balaban J connectivity index is 1.78. The highest BCUT2D eigenvalue weighted by Gasteiger charge is 2.65. The molecule has 6 atom stereocenters. The number of aliphatic hydroxyl groups excluding tert-OH is 2. The van der Waals surface area contributed by atoms with Crippen LogP contribution < -0.4 is 9.47 Å². The van der Waals surface area contributed by atoms with Crippen LogP contribution in [0.1, 0.15) is 108 Å². The van der Waals surface area contributed by atoms with Crippen LogP contribution in [0.15, 0.2) is 78.5 Å². The van der Waals surface area contributed by atoms with E-state index in [1.807, 2.05) is 45.9 Å². The van der Waals surface area contributed by atoms with E-state index in [1.165, 1.54) is 5.56 Å². The number of allylic oxidation sites excluding steroid dienone is 1. The average Bonchev–Trinajstić information content (AvgIpc) is 3.18. The van der Waals surface area contributed by atoms with Gasteiger partial charge in [0.05, 0.1) is 24.8 Å². The summed E-state index contributed by atoms with van der Waals surface area (Å²) in [5.41, 5.74) is 4.50. The molecule has 10 nitrogen and oxygen atoms in total. The lowest BCUT2D eigenvalue weighted by atomic mass is 9.55. The molecular formula is C47H66N2O8. The quantitative estimate of drug-likeness (QED) is 0.0774. The standard InChI is InChI=1S/C47H66N2O8/c1-9-12-27-53-45(52)49(23-10-2)42-31-40(48-57-46(6,7)8)38-29-34(17-13-15-24-50)37(18-14-16-25-51)43-39-30-36(55-35-20-19-32(4)33(5)28-35)21-22-41(39)56-47(42,44(38)43)54-26-11-3/h9,11,19-22,28-30,34,37,42-44,50-51H,1,3,10,12-18,23-27,31H2,2,4-8H3/t34-,37+,42-,43+,44+,47+/m0/s1. The van der Waals surface area contributed by atoms with E-state index < -0.39 is 29.4 Å². The Bertz CT molecular complexity index is 1750. The fraction of sp³-hybridized carbons (Fsp3) is 0.574. The molecule has 1 aliphatic heterocycles. The van der Waals surface area contributed by atoms with Crippen LogP contribution in [0.25, 0.3) is 0 Å². The van der Waals surface area contributed by atoms with E-state index in [2.05, 4.69) is 51.3 Å². The van der Waals surface area contributed by atoms with Gasteiger partial charge in [-0.2, -0.15) is 0 Å². The molecule has 0 unspecified atom stereocenters. The lowest BCUT2D eigenvalue weighted by Crippen LogP contribution is -2.70. The predicted octanol–water partition coefficient (Wildman–Crippen LogP) is 9.95. The van der Waals surface area contributed by atoms with Crippen molar-refractivity contribution in [2.24, 2.45) is 22.9 Å². The molecule has 1 saturated carbocycles. The number of carbonyl (C=O) groups is 1. The van der Waals surface area contributed by atoms with E-state index in [0.717, 1.165) is 53.8 Å². The molecule has 0 bridgehead atoms. The number of benzene rings is 2. The van der Waals surface area contributed by atoms with Crippen LogP contribution in [0, 0.1) is 31.6 Å². The number of oxime groups is 1. The van der Waals surface area contributed by atoms with Gasteiger partial charge >= 0.3 is 6.09 Å². The van der Waals surface area contributed by atoms with Gasteiger partial charge in [-0.3, -0.25) is 4.90 Å². The van der Waals surface area contributed by atoms with Crippen molar-refractivity contribution in [3.63, 3.8) is 0 Å². The maximum Gasteiger partial charge on any atom is 0.410 e. The molecule has 10 heteroatoms. The highest BCUT2D eigenvalue weighted by molar-refractivity contribution is 6.03. The number of aliphatic hydroxyl groups is 2. The van der Waals surface area contributed by atoms with Crippen molar-refractivity contribution < 1.29 is 38.8 Å². The van der Waals surface area contributed by atoms with Gasteiger partial charge in [-0.25, -0.2) is 4.79 Å². The van der Waals surface area contributed by atoms with Crippen LogP contribution in [-0.2, 0) is 14.3 Å². The number of fused-ring (bicyclic) bond motifs is 2. The van der Waals surface area contributed by atoms with Crippen molar-refractivity contribution in [3.05, 3.63) is 90.0 Å². The Hall–Kier alpha value is -4.12. The van der Waals surface area contributed by atoms with Crippen LogP contribution in [-0.4, -0.2) is 77.3 Å². The number of rotatable bonds is 20. The normalized spacial score (nSPS) is 24.4. The largest absolute Gasteiger partial charge is 0.459 e. The Morgan fingerprint density at radius 3 is 2.39 bits per heavy atom. The molecular weight excluding hydrogens is 721 g/mol. The van der Waals surface area contributed by atoms with Gasteiger partial charge in [0.2, 0.25) is 5.79 Å². The smallest absolute Gasteiger partial charge is 0.410 e. The van der Waals surface area contributed by atoms with Gasteiger partial charge in [0, 0.05) is 37.7 Å². The molecule has 1 amide bonds. The zero-order valence-electron chi connectivity index (χ0n) is 35.1. The second-order valence-electron chi connectivity index (χ2n) is 16.7. The van der Waals surface area contributed by atoms with Gasteiger partial charge < -0.3 is 34.0 Å². The van der Waals surface area contributed by atoms with E-state index in [0.29, 0.717) is 50.1 Å². The zero-order chi connectivity index (χ0) is 41.2. The lowest BCUT2D eigenvalue weighted by molar-refractivity contribution is -0.255. The summed E-state index contributed by atoms with van der Waals surface area (Å²) in [6.07, 6.45) is 11.6. The average molecular weight is 787 g/mol. The summed E-state index contributed by atoms with van der Waals surface area (Å²) in [6, 6.07) is 11.5. The molecule has 57 heavy (non-hydrogen) atoms. The summed E-state index contributed by atoms with van der Waals surface area (Å²) in [5.74, 6) is 0.386. The number of amides is 1. The summed E-state index contributed by atoms with van der Waals surface area (Å²) in [7, 11) is 0. The minimum absolute atomic E-state index is 0.0953. The number of aryl methyl sites for hydroxylation is 2. The molecule has 2 aromatic carbocycles. The van der Waals surface area contributed by atoms with Crippen LogP contribution in [0.5, 0.6) is 17.2 Å². The molecule has 1 fully saturated rings. The number of ether oxygens (including phenoxy) is 4. The second-order valence-corrected chi connectivity index (χ2v) is 16.7. The number of hydrogen-bond donors (Lipinski definition) is 2. The van der Waals surface area contributed by atoms with Crippen LogP contribution in [0.4, 0.5) is 4.79 Å². The minimum atomic E-state index is -1.35. The molecule has 0 radical (unpaired) electrons. The third-order valence-electron chi connectivity index (χ3n) is 11.4. The topological polar surface area (TPSA) is 119 Å². The molecule has 2 N–H and O–H groups in total. The second kappa shape index (κ2) is 20.0. The molecule has 0 saturated heterocycles. The molecule has 1 heterocycles. The van der Waals surface area contributed by atoms with Crippen molar-refractivity contribution in [2.45, 2.75) is 123 Å². The third kappa shape index (κ3) is 10.3. The highest BCUT2D eigenvalue weighted by Crippen LogP contribution is 2.62. The maximum atomic E-state index is 14.2. The fourth-order valence-corrected chi connectivity index (χ4v) is 8.75. The van der Waals surface area contributed by atoms with Crippen molar-refractivity contribution in [1.82, 2.24) is 4.90 Å². The van der Waals surface area contributed by atoms with E-state index in [4.69, 9.17) is 28.9 Å². The zero-order valence-corrected chi connectivity index (χ0v) is 35.1. The number of hydrogen-bond acceptors (Lipinski definition) is 9. The Kier molecular flexibility index (Phi) is 15.5. The van der Waals surface area contributed by atoms with E-state index in [-0.39, 0.29) is 44.2 Å². The van der Waals surface area contributed by atoms with Gasteiger partial charge in [-0.15, -0.1) is 13.2 Å². The third-order valence-corrected chi connectivity index (χ3v) is 11.4. The summed E-state index contributed by atoms with van der Waals surface area (Å²) in [6.45, 7) is 21.0. The molecule has 312 valence electrons. The first-order valence-electron chi connectivity index (χ1n) is 21.0. The predicted molar refractivity (Wildman–Crippen MR) is 225 cm³/mol. The van der Waals surface area contributed by atoms with E-state index >= 15 is 0 Å². The SMILES string of the molecule is C=CCCOC(=O)N(CCC)[C@H]1CC(=NOC(C)(C)C)C2=C[C@H](CCCCO)[C@@H](CCCCO)[C@@H]3c4cc(Oc5ccc(C)c(C)c5)ccc4O[C@@]1(OCC=C)[C@H]23. The first kappa shape index (κ1) is 44.0. The van der Waals surface area contributed by atoms with Crippen LogP contribution in [0.2, 0.25) is 0 Å². The molecule has 2 aliphatic carbocycles.